The van der Waals surface area contributed by atoms with Crippen LogP contribution in [0.1, 0.15) is 36.0 Å². The third-order valence-electron chi connectivity index (χ3n) is 4.66. The van der Waals surface area contributed by atoms with Gasteiger partial charge in [0.25, 0.3) is 0 Å². The van der Waals surface area contributed by atoms with Gasteiger partial charge in [-0.1, -0.05) is 36.4 Å². The second-order valence-electron chi connectivity index (χ2n) is 6.31. The highest BCUT2D eigenvalue weighted by molar-refractivity contribution is 6.05. The summed E-state index contributed by atoms with van der Waals surface area (Å²) in [7, 11) is 0. The quantitative estimate of drug-likeness (QED) is 0.451. The van der Waals surface area contributed by atoms with Crippen molar-refractivity contribution in [3.8, 4) is 5.75 Å². The van der Waals surface area contributed by atoms with Gasteiger partial charge in [0.1, 0.15) is 16.9 Å². The highest BCUT2D eigenvalue weighted by Gasteiger charge is 2.50. The van der Waals surface area contributed by atoms with Gasteiger partial charge in [-0.2, -0.15) is 0 Å². The Kier molecular flexibility index (Phi) is 5.46. The van der Waals surface area contributed by atoms with Crippen LogP contribution in [0.4, 0.5) is 0 Å². The minimum Gasteiger partial charge on any atom is -0.462 e. The summed E-state index contributed by atoms with van der Waals surface area (Å²) in [5.41, 5.74) is -0.793. The summed E-state index contributed by atoms with van der Waals surface area (Å²) in [5, 5.41) is 0. The summed E-state index contributed by atoms with van der Waals surface area (Å²) in [5.74, 6) is -0.781. The van der Waals surface area contributed by atoms with Crippen molar-refractivity contribution in [3.05, 3.63) is 66.2 Å². The van der Waals surface area contributed by atoms with Crippen molar-refractivity contribution in [2.45, 2.75) is 25.7 Å². The smallest absolute Gasteiger partial charge is 0.338 e. The van der Waals surface area contributed by atoms with Crippen molar-refractivity contribution in [1.82, 2.24) is 0 Å². The van der Waals surface area contributed by atoms with E-state index in [-0.39, 0.29) is 18.8 Å². The molecule has 0 aromatic heterocycles. The molecule has 2 aromatic carbocycles. The third kappa shape index (κ3) is 3.82. The van der Waals surface area contributed by atoms with E-state index in [0.29, 0.717) is 30.6 Å². The molecule has 134 valence electrons. The van der Waals surface area contributed by atoms with Crippen molar-refractivity contribution >= 4 is 17.7 Å². The number of ether oxygens (including phenoxy) is 2. The zero-order chi connectivity index (χ0) is 18.4. The Morgan fingerprint density at radius 2 is 1.62 bits per heavy atom. The predicted octanol–water partition coefficient (Wildman–Crippen LogP) is 3.58. The number of Topliss-reactive ketones (excluding diaryl/α,β-unsaturated/α-hetero) is 1. The van der Waals surface area contributed by atoms with Crippen LogP contribution >= 0.6 is 0 Å². The molecule has 1 fully saturated rings. The zero-order valence-electron chi connectivity index (χ0n) is 14.4. The van der Waals surface area contributed by atoms with Crippen LogP contribution in [0, 0.1) is 5.41 Å². The minimum atomic E-state index is -1.23. The van der Waals surface area contributed by atoms with Crippen molar-refractivity contribution < 1.29 is 23.9 Å². The van der Waals surface area contributed by atoms with Gasteiger partial charge in [0.2, 0.25) is 0 Å². The Bertz CT molecular complexity index is 785. The number of ketones is 1. The first-order valence-corrected chi connectivity index (χ1v) is 8.65. The van der Waals surface area contributed by atoms with Gasteiger partial charge in [0, 0.05) is 12.8 Å². The molecule has 0 heterocycles. The number of carbonyl (C=O) groups excluding carboxylic acids is 3. The number of hydrogen-bond acceptors (Lipinski definition) is 5. The van der Waals surface area contributed by atoms with Crippen LogP contribution in [0.2, 0.25) is 0 Å². The molecule has 0 aliphatic heterocycles. The van der Waals surface area contributed by atoms with Gasteiger partial charge in [0.15, 0.2) is 0 Å². The van der Waals surface area contributed by atoms with E-state index in [0.717, 1.165) is 0 Å². The van der Waals surface area contributed by atoms with Crippen LogP contribution in [-0.4, -0.2) is 24.3 Å². The van der Waals surface area contributed by atoms with Gasteiger partial charge in [0.05, 0.1) is 12.2 Å². The Hall–Kier alpha value is -2.95. The van der Waals surface area contributed by atoms with Gasteiger partial charge in [-0.3, -0.25) is 9.59 Å². The average molecular weight is 352 g/mol. The lowest BCUT2D eigenvalue weighted by Crippen LogP contribution is -2.39. The Morgan fingerprint density at radius 3 is 2.23 bits per heavy atom. The fourth-order valence-corrected chi connectivity index (χ4v) is 3.18. The topological polar surface area (TPSA) is 69.7 Å². The summed E-state index contributed by atoms with van der Waals surface area (Å²) in [6, 6.07) is 17.3. The van der Waals surface area contributed by atoms with Gasteiger partial charge in [-0.25, -0.2) is 4.79 Å². The normalized spacial score (nSPS) is 19.2. The molecule has 5 heteroatoms. The molecule has 1 aliphatic carbocycles. The molecule has 0 N–H and O–H groups in total. The second kappa shape index (κ2) is 7.95. The number of benzene rings is 2. The number of carbonyl (C=O) groups is 3. The molecule has 0 bridgehead atoms. The maximum absolute atomic E-state index is 12.7. The zero-order valence-corrected chi connectivity index (χ0v) is 14.4. The van der Waals surface area contributed by atoms with E-state index in [1.54, 1.807) is 48.5 Å². The molecule has 0 saturated heterocycles. The van der Waals surface area contributed by atoms with Crippen LogP contribution in [0.15, 0.2) is 60.7 Å². The molecule has 1 aliphatic rings. The maximum Gasteiger partial charge on any atom is 0.338 e. The molecule has 3 rings (SSSR count). The van der Waals surface area contributed by atoms with Crippen LogP contribution in [0.25, 0.3) is 0 Å². The first-order valence-electron chi connectivity index (χ1n) is 8.65. The number of esters is 2. The fraction of sp³-hybridized carbons (Fsp3) is 0.286. The van der Waals surface area contributed by atoms with E-state index in [4.69, 9.17) is 9.47 Å². The van der Waals surface area contributed by atoms with Crippen molar-refractivity contribution in [3.63, 3.8) is 0 Å². The summed E-state index contributed by atoms with van der Waals surface area (Å²) < 4.78 is 10.7. The third-order valence-corrected chi connectivity index (χ3v) is 4.66. The van der Waals surface area contributed by atoms with E-state index in [9.17, 15) is 14.4 Å². The molecule has 0 radical (unpaired) electrons. The van der Waals surface area contributed by atoms with Gasteiger partial charge >= 0.3 is 11.9 Å². The minimum absolute atomic E-state index is 0.0106. The molecule has 0 amide bonds. The lowest BCUT2D eigenvalue weighted by atomic mass is 9.82. The summed E-state index contributed by atoms with van der Waals surface area (Å²) >= 11 is 0. The molecule has 2 aromatic rings. The fourth-order valence-electron chi connectivity index (χ4n) is 3.18. The molecule has 26 heavy (non-hydrogen) atoms. The number of hydrogen-bond donors (Lipinski definition) is 0. The number of para-hydroxylation sites is 1. The molecule has 0 spiro atoms. The van der Waals surface area contributed by atoms with Crippen LogP contribution in [0.5, 0.6) is 5.75 Å². The first-order chi connectivity index (χ1) is 12.6. The van der Waals surface area contributed by atoms with Crippen LogP contribution < -0.4 is 4.74 Å². The lowest BCUT2D eigenvalue weighted by molar-refractivity contribution is -0.152. The molecule has 1 unspecified atom stereocenters. The monoisotopic (exact) mass is 352 g/mol. The van der Waals surface area contributed by atoms with E-state index in [1.165, 1.54) is 0 Å². The summed E-state index contributed by atoms with van der Waals surface area (Å²) in [6.45, 7) is -0.0106. The van der Waals surface area contributed by atoms with Crippen LogP contribution in [0.3, 0.4) is 0 Å². The van der Waals surface area contributed by atoms with E-state index in [1.807, 2.05) is 12.1 Å². The Labute approximate surface area is 151 Å². The highest BCUT2D eigenvalue weighted by Crippen LogP contribution is 2.39. The van der Waals surface area contributed by atoms with Gasteiger partial charge in [-0.15, -0.1) is 0 Å². The van der Waals surface area contributed by atoms with Gasteiger partial charge in [-0.05, 0) is 37.1 Å². The van der Waals surface area contributed by atoms with Crippen molar-refractivity contribution in [2.75, 3.05) is 6.61 Å². The Balaban J connectivity index is 1.65. The van der Waals surface area contributed by atoms with Crippen molar-refractivity contribution in [2.24, 2.45) is 5.41 Å². The molecule has 1 saturated carbocycles. The molecule has 1 atom stereocenters. The SMILES string of the molecule is O=C(OCCC1(C(=O)Oc2ccccc2)CCCC1=O)c1ccccc1. The van der Waals surface area contributed by atoms with E-state index >= 15 is 0 Å². The highest BCUT2D eigenvalue weighted by atomic mass is 16.5. The maximum atomic E-state index is 12.7. The second-order valence-corrected chi connectivity index (χ2v) is 6.31. The number of rotatable bonds is 6. The van der Waals surface area contributed by atoms with E-state index < -0.39 is 17.4 Å². The average Bonchev–Trinajstić information content (AvgIpc) is 3.05. The molecular weight excluding hydrogens is 332 g/mol. The standard InChI is InChI=1S/C21H20O5/c22-18-12-7-13-21(18,20(24)26-17-10-5-2-6-11-17)14-15-25-19(23)16-8-3-1-4-9-16/h1-6,8-11H,7,12-15H2. The van der Waals surface area contributed by atoms with Crippen molar-refractivity contribution in [1.29, 1.82) is 0 Å². The van der Waals surface area contributed by atoms with Crippen LogP contribution in [-0.2, 0) is 14.3 Å². The molecular formula is C21H20O5. The van der Waals surface area contributed by atoms with E-state index in [2.05, 4.69) is 0 Å². The lowest BCUT2D eigenvalue weighted by Gasteiger charge is -2.24. The van der Waals surface area contributed by atoms with Gasteiger partial charge < -0.3 is 9.47 Å². The largest absolute Gasteiger partial charge is 0.462 e. The predicted molar refractivity (Wildman–Crippen MR) is 94.7 cm³/mol. The Morgan fingerprint density at radius 1 is 0.962 bits per heavy atom. The molecule has 5 nitrogen and oxygen atoms in total. The summed E-state index contributed by atoms with van der Waals surface area (Å²) in [4.78, 5) is 37.2. The summed E-state index contributed by atoms with van der Waals surface area (Å²) in [6.07, 6.45) is 1.53. The first kappa shape index (κ1) is 17.9.